The summed E-state index contributed by atoms with van der Waals surface area (Å²) < 4.78 is 15.5. The number of Topliss-reactive ketones (excluding diaryl/α,β-unsaturated/α-hetero) is 1. The van der Waals surface area contributed by atoms with Crippen molar-refractivity contribution >= 4 is 5.78 Å². The third kappa shape index (κ3) is 3.60. The average molecular weight is 361 g/mol. The Morgan fingerprint density at radius 2 is 1.77 bits per heavy atom. The minimum absolute atomic E-state index is 0.0158. The van der Waals surface area contributed by atoms with Gasteiger partial charge in [-0.1, -0.05) is 12.1 Å². The number of likely N-dealkylation sites (N-methyl/N-ethyl adjacent to an activating group) is 1. The molecule has 0 unspecified atom stereocenters. The predicted octanol–water partition coefficient (Wildman–Crippen LogP) is -1.13. The minimum atomic E-state index is -0.622. The number of halogens is 1. The summed E-state index contributed by atoms with van der Waals surface area (Å²) in [5, 5.41) is 1.85. The first-order valence-corrected chi connectivity index (χ1v) is 8.55. The van der Waals surface area contributed by atoms with Gasteiger partial charge in [-0.15, -0.1) is 0 Å². The van der Waals surface area contributed by atoms with Gasteiger partial charge in [-0.3, -0.25) is 19.2 Å². The molecule has 0 atom stereocenters. The molecule has 0 aliphatic carbocycles. The molecule has 1 aromatic heterocycles. The van der Waals surface area contributed by atoms with Gasteiger partial charge in [0.15, 0.2) is 5.78 Å². The lowest BCUT2D eigenvalue weighted by Crippen LogP contribution is -3.12. The Morgan fingerprint density at radius 1 is 1.15 bits per heavy atom. The van der Waals surface area contributed by atoms with E-state index in [-0.39, 0.29) is 12.1 Å². The zero-order valence-electron chi connectivity index (χ0n) is 14.9. The number of piperazine rings is 1. The van der Waals surface area contributed by atoms with Crippen LogP contribution >= 0.6 is 0 Å². The Kier molecular flexibility index (Phi) is 5.03. The molecule has 1 fully saturated rings. The largest absolute Gasteiger partial charge is 0.350 e. The minimum Gasteiger partial charge on any atom is -0.334 e. The van der Waals surface area contributed by atoms with Gasteiger partial charge in [-0.25, -0.2) is 13.9 Å². The summed E-state index contributed by atoms with van der Waals surface area (Å²) in [6, 6.07) is 5.59. The number of hydrogen-bond donors (Lipinski definition) is 1. The van der Waals surface area contributed by atoms with Crippen LogP contribution in [0.4, 0.5) is 4.39 Å². The predicted molar refractivity (Wildman–Crippen MR) is 95.0 cm³/mol. The molecule has 8 heteroatoms. The lowest BCUT2D eigenvalue weighted by Gasteiger charge is -2.32. The molecule has 1 aliphatic rings. The van der Waals surface area contributed by atoms with Crippen LogP contribution in [0.25, 0.3) is 0 Å². The van der Waals surface area contributed by atoms with E-state index in [0.717, 1.165) is 17.7 Å². The van der Waals surface area contributed by atoms with E-state index in [9.17, 15) is 18.8 Å². The number of carbonyl (C=O) groups is 1. The van der Waals surface area contributed by atoms with Crippen molar-refractivity contribution in [2.24, 2.45) is 0 Å². The third-order valence-electron chi connectivity index (χ3n) is 4.69. The number of quaternary nitrogens is 1. The SMILES string of the molecule is CC(=O)c1cn(N2CC[NH+](C)CC2)c(=O)n(Cc2ccc(F)cc2)c1=O. The lowest BCUT2D eigenvalue weighted by molar-refractivity contribution is -0.880. The van der Waals surface area contributed by atoms with Gasteiger partial charge in [-0.2, -0.15) is 0 Å². The van der Waals surface area contributed by atoms with E-state index < -0.39 is 22.8 Å². The quantitative estimate of drug-likeness (QED) is 0.700. The Balaban J connectivity index is 2.07. The van der Waals surface area contributed by atoms with E-state index in [2.05, 4.69) is 7.05 Å². The van der Waals surface area contributed by atoms with E-state index in [1.54, 1.807) is 0 Å². The maximum Gasteiger partial charge on any atom is 0.350 e. The molecular weight excluding hydrogens is 339 g/mol. The molecule has 0 saturated carbocycles. The third-order valence-corrected chi connectivity index (χ3v) is 4.69. The second-order valence-electron chi connectivity index (χ2n) is 6.65. The van der Waals surface area contributed by atoms with Crippen LogP contribution in [0, 0.1) is 5.82 Å². The van der Waals surface area contributed by atoms with E-state index in [0.29, 0.717) is 18.7 Å². The van der Waals surface area contributed by atoms with Crippen LogP contribution in [-0.4, -0.2) is 48.3 Å². The molecule has 1 N–H and O–H groups in total. The maximum atomic E-state index is 13.1. The van der Waals surface area contributed by atoms with Gasteiger partial charge in [-0.05, 0) is 24.6 Å². The Labute approximate surface area is 149 Å². The summed E-state index contributed by atoms with van der Waals surface area (Å²) in [7, 11) is 2.08. The molecule has 138 valence electrons. The van der Waals surface area contributed by atoms with Crippen molar-refractivity contribution in [1.82, 2.24) is 9.24 Å². The van der Waals surface area contributed by atoms with Crippen molar-refractivity contribution in [1.29, 1.82) is 0 Å². The highest BCUT2D eigenvalue weighted by atomic mass is 19.1. The maximum absolute atomic E-state index is 13.1. The molecule has 0 spiro atoms. The summed E-state index contributed by atoms with van der Waals surface area (Å²) in [6.45, 7) is 4.31. The molecule has 26 heavy (non-hydrogen) atoms. The summed E-state index contributed by atoms with van der Waals surface area (Å²) in [5.41, 5.74) is -0.537. The van der Waals surface area contributed by atoms with Crippen molar-refractivity contribution in [2.45, 2.75) is 13.5 Å². The zero-order valence-corrected chi connectivity index (χ0v) is 14.9. The molecule has 2 heterocycles. The van der Waals surface area contributed by atoms with Crippen molar-refractivity contribution in [3.8, 4) is 0 Å². The van der Waals surface area contributed by atoms with Gasteiger partial charge in [0, 0.05) is 6.20 Å². The van der Waals surface area contributed by atoms with Crippen LogP contribution in [0.3, 0.4) is 0 Å². The number of carbonyl (C=O) groups excluding carboxylic acids is 1. The van der Waals surface area contributed by atoms with Crippen LogP contribution in [0.2, 0.25) is 0 Å². The molecule has 2 aromatic rings. The monoisotopic (exact) mass is 361 g/mol. The Hall–Kier alpha value is -2.74. The van der Waals surface area contributed by atoms with Crippen molar-refractivity contribution in [3.05, 3.63) is 68.2 Å². The number of aromatic nitrogens is 2. The topological polar surface area (TPSA) is 68.8 Å². The number of ketones is 1. The van der Waals surface area contributed by atoms with Crippen LogP contribution in [0.1, 0.15) is 22.8 Å². The molecule has 7 nitrogen and oxygen atoms in total. The summed E-state index contributed by atoms with van der Waals surface area (Å²) in [6.07, 6.45) is 1.34. The lowest BCUT2D eigenvalue weighted by atomic mass is 10.2. The van der Waals surface area contributed by atoms with Gasteiger partial charge >= 0.3 is 5.69 Å². The van der Waals surface area contributed by atoms with E-state index in [4.69, 9.17) is 0 Å². The normalized spacial score (nSPS) is 15.3. The fraction of sp³-hybridized carbons (Fsp3) is 0.389. The zero-order chi connectivity index (χ0) is 18.8. The number of rotatable bonds is 4. The van der Waals surface area contributed by atoms with E-state index in [1.807, 2.05) is 5.01 Å². The first-order chi connectivity index (χ1) is 12.4. The molecule has 1 saturated heterocycles. The highest BCUT2D eigenvalue weighted by Crippen LogP contribution is 2.04. The average Bonchev–Trinajstić information content (AvgIpc) is 2.61. The van der Waals surface area contributed by atoms with Gasteiger partial charge < -0.3 is 4.90 Å². The molecule has 0 bridgehead atoms. The fourth-order valence-corrected chi connectivity index (χ4v) is 3.04. The van der Waals surface area contributed by atoms with Crippen LogP contribution in [0.15, 0.2) is 40.1 Å². The molecule has 0 amide bonds. The van der Waals surface area contributed by atoms with Gasteiger partial charge in [0.1, 0.15) is 11.4 Å². The van der Waals surface area contributed by atoms with Crippen molar-refractivity contribution in [3.63, 3.8) is 0 Å². The van der Waals surface area contributed by atoms with Gasteiger partial charge in [0.2, 0.25) is 0 Å². The number of hydrogen-bond acceptors (Lipinski definition) is 4. The van der Waals surface area contributed by atoms with Crippen molar-refractivity contribution in [2.75, 3.05) is 38.2 Å². The standard InChI is InChI=1S/C18H21FN4O3/c1-13(24)16-12-23(21-9-7-20(2)8-10-21)18(26)22(17(16)25)11-14-3-5-15(19)6-4-14/h3-6,12H,7-11H2,1-2H3/p+1. The molecule has 3 rings (SSSR count). The Bertz CT molecular complexity index is 925. The van der Waals surface area contributed by atoms with Gasteiger partial charge in [0.25, 0.3) is 5.56 Å². The van der Waals surface area contributed by atoms with E-state index >= 15 is 0 Å². The molecule has 0 radical (unpaired) electrons. The van der Waals surface area contributed by atoms with E-state index in [1.165, 1.54) is 47.0 Å². The number of nitrogens with zero attached hydrogens (tertiary/aromatic N) is 3. The fourth-order valence-electron chi connectivity index (χ4n) is 3.04. The second kappa shape index (κ2) is 7.25. The highest BCUT2D eigenvalue weighted by Gasteiger charge is 2.22. The smallest absolute Gasteiger partial charge is 0.334 e. The van der Waals surface area contributed by atoms with Crippen LogP contribution < -0.4 is 21.2 Å². The van der Waals surface area contributed by atoms with Gasteiger partial charge in [0.05, 0.1) is 39.8 Å². The first kappa shape index (κ1) is 18.1. The molecule has 1 aromatic carbocycles. The van der Waals surface area contributed by atoms with Crippen LogP contribution in [-0.2, 0) is 6.54 Å². The molecular formula is C18H22FN4O3+. The number of benzene rings is 1. The summed E-state index contributed by atoms with van der Waals surface area (Å²) in [4.78, 5) is 38.8. The van der Waals surface area contributed by atoms with Crippen molar-refractivity contribution < 1.29 is 14.1 Å². The highest BCUT2D eigenvalue weighted by molar-refractivity contribution is 5.93. The number of nitrogens with one attached hydrogen (secondary N) is 1. The summed E-state index contributed by atoms with van der Waals surface area (Å²) >= 11 is 0. The van der Waals surface area contributed by atoms with Crippen LogP contribution in [0.5, 0.6) is 0 Å². The second-order valence-corrected chi connectivity index (χ2v) is 6.65. The summed E-state index contributed by atoms with van der Waals surface area (Å²) in [5.74, 6) is -0.785. The first-order valence-electron chi connectivity index (χ1n) is 8.55. The molecule has 1 aliphatic heterocycles. The Morgan fingerprint density at radius 3 is 2.35 bits per heavy atom.